The molecular weight excluding hydrogens is 877 g/mol. The Kier molecular flexibility index (Phi) is 12.6. The van der Waals surface area contributed by atoms with Crippen LogP contribution in [0.3, 0.4) is 0 Å². The number of sulfonamides is 1. The lowest BCUT2D eigenvalue weighted by Gasteiger charge is -2.30. The minimum atomic E-state index is -4.60. The van der Waals surface area contributed by atoms with Crippen molar-refractivity contribution in [2.75, 3.05) is 20.3 Å². The lowest BCUT2D eigenvalue weighted by Crippen LogP contribution is -2.58. The highest BCUT2D eigenvalue weighted by atomic mass is 32.2. The Bertz CT molecular complexity index is 2920. The number of methoxy groups -OCH3 is 1. The van der Waals surface area contributed by atoms with E-state index in [1.54, 1.807) is 55.7 Å². The molecule has 67 heavy (non-hydrogen) atoms. The number of carbonyl (C=O) groups is 4. The number of aromatic nitrogens is 1. The summed E-state index contributed by atoms with van der Waals surface area (Å²) in [5, 5.41) is 16.0. The summed E-state index contributed by atoms with van der Waals surface area (Å²) in [7, 11) is -3.04. The van der Waals surface area contributed by atoms with Gasteiger partial charge in [0.2, 0.25) is 11.8 Å². The van der Waals surface area contributed by atoms with Gasteiger partial charge >= 0.3 is 6.09 Å². The van der Waals surface area contributed by atoms with Crippen LogP contribution in [0.15, 0.2) is 120 Å². The van der Waals surface area contributed by atoms with E-state index < -0.39 is 68.4 Å². The molecule has 2 bridgehead atoms. The number of rotatable bonds is 9. The van der Waals surface area contributed by atoms with Gasteiger partial charge in [0.05, 0.1) is 30.4 Å². The monoisotopic (exact) mass is 924 g/mol. The largest absolute Gasteiger partial charge is 0.497 e. The summed E-state index contributed by atoms with van der Waals surface area (Å²) in [5.74, 6) is -1.57. The quantitative estimate of drug-likeness (QED) is 0.151. The standard InChI is InChI=1S/C50H48N6O10S/c1-63-36-20-21-39-41(25-36)52-40(32-12-3-2-4-13-32)27-44(39)65-38-26-43-46(57)54-50(48(59)55-67(61,62)45-19-8-5-14-33(45)29-51)28-34(50)15-10-22-64-37-18-9-11-31(23-37)24-42(47(58)56(43)30-38)53-49(60)66-35-16-6-7-17-35/h2-5,8-15,18-21,23,25,27,34-35,38,42-43H,6-7,16-17,22,24,26,28,30H2,1H3,(H,53,60)(H,54,57)(H,55,59)/b15-10-/t34?,38-,42-,43+,50+/m1/s1. The third-order valence-corrected chi connectivity index (χ3v) is 14.1. The fraction of sp³-hybridized carbons (Fsp3) is 0.320. The number of hydrogen-bond donors (Lipinski definition) is 3. The average molecular weight is 925 g/mol. The minimum Gasteiger partial charge on any atom is -0.497 e. The molecular formula is C50H48N6O10S. The van der Waals surface area contributed by atoms with Crippen LogP contribution in [0.2, 0.25) is 0 Å². The molecule has 1 unspecified atom stereocenters. The molecule has 2 aliphatic heterocycles. The molecule has 4 aliphatic rings. The second kappa shape index (κ2) is 18.8. The molecule has 5 aromatic rings. The molecule has 3 N–H and O–H groups in total. The van der Waals surface area contributed by atoms with Crippen molar-refractivity contribution in [3.8, 4) is 34.6 Å². The van der Waals surface area contributed by atoms with Gasteiger partial charge in [0, 0.05) is 41.8 Å². The molecule has 2 saturated carbocycles. The summed E-state index contributed by atoms with van der Waals surface area (Å²) in [4.78, 5) is 63.7. The average Bonchev–Trinajstić information content (AvgIpc) is 3.57. The van der Waals surface area contributed by atoms with Crippen LogP contribution < -0.4 is 29.6 Å². The third kappa shape index (κ3) is 9.61. The molecule has 0 spiro atoms. The van der Waals surface area contributed by atoms with Gasteiger partial charge in [0.25, 0.3) is 15.9 Å². The van der Waals surface area contributed by atoms with E-state index in [1.807, 2.05) is 48.5 Å². The van der Waals surface area contributed by atoms with E-state index in [9.17, 15) is 28.1 Å². The maximum absolute atomic E-state index is 15.1. The summed E-state index contributed by atoms with van der Waals surface area (Å²) >= 11 is 0. The van der Waals surface area contributed by atoms with Crippen molar-refractivity contribution in [2.45, 2.75) is 79.7 Å². The molecule has 2 aliphatic carbocycles. The smallest absolute Gasteiger partial charge is 0.408 e. The van der Waals surface area contributed by atoms with Crippen molar-refractivity contribution in [3.05, 3.63) is 126 Å². The zero-order valence-corrected chi connectivity index (χ0v) is 37.4. The van der Waals surface area contributed by atoms with Crippen LogP contribution >= 0.6 is 0 Å². The van der Waals surface area contributed by atoms with Gasteiger partial charge in [0.15, 0.2) is 0 Å². The number of pyridine rings is 1. The topological polar surface area (TPSA) is 215 Å². The predicted octanol–water partition coefficient (Wildman–Crippen LogP) is 5.74. The Morgan fingerprint density at radius 2 is 1.75 bits per heavy atom. The molecule has 4 aromatic carbocycles. The molecule has 344 valence electrons. The Balaban J connectivity index is 1.09. The molecule has 3 fully saturated rings. The third-order valence-electron chi connectivity index (χ3n) is 12.7. The second-order valence-corrected chi connectivity index (χ2v) is 18.8. The SMILES string of the molecule is COc1ccc2c(O[C@@H]3C[C@H]4C(=O)N[C@@]5(C(=O)NS(=O)(=O)c6ccccc6C#N)CC5/C=C\COc5cccc(c5)C[C@@H](NC(=O)OC5CCCC5)C(=O)N4C3)cc(-c3ccccc3)nc2c1. The van der Waals surface area contributed by atoms with E-state index in [4.69, 9.17) is 23.9 Å². The van der Waals surface area contributed by atoms with Gasteiger partial charge in [0.1, 0.15) is 64.7 Å². The van der Waals surface area contributed by atoms with E-state index in [-0.39, 0.29) is 44.1 Å². The summed E-state index contributed by atoms with van der Waals surface area (Å²) < 4.78 is 53.5. The summed E-state index contributed by atoms with van der Waals surface area (Å²) in [6.45, 7) is -0.0515. The van der Waals surface area contributed by atoms with E-state index in [1.165, 1.54) is 29.2 Å². The Morgan fingerprint density at radius 3 is 2.54 bits per heavy atom. The van der Waals surface area contributed by atoms with Gasteiger partial charge in [-0.1, -0.05) is 66.7 Å². The van der Waals surface area contributed by atoms with Crippen LogP contribution in [0.4, 0.5) is 4.79 Å². The van der Waals surface area contributed by atoms with E-state index in [0.717, 1.165) is 18.4 Å². The van der Waals surface area contributed by atoms with E-state index in [2.05, 4.69) is 15.4 Å². The summed E-state index contributed by atoms with van der Waals surface area (Å²) in [5.41, 5.74) is 0.736. The Hall–Kier alpha value is -7.45. The zero-order chi connectivity index (χ0) is 46.7. The van der Waals surface area contributed by atoms with Crippen molar-refractivity contribution >= 4 is 44.7 Å². The molecule has 9 rings (SSSR count). The lowest BCUT2D eigenvalue weighted by atomic mass is 10.0. The first-order valence-electron chi connectivity index (χ1n) is 22.2. The predicted molar refractivity (Wildman–Crippen MR) is 244 cm³/mol. The normalized spacial score (nSPS) is 23.4. The van der Waals surface area contributed by atoms with Crippen LogP contribution in [-0.2, 0) is 35.6 Å². The molecule has 5 atom stereocenters. The summed E-state index contributed by atoms with van der Waals surface area (Å²) in [6, 6.07) is 28.6. The van der Waals surface area contributed by atoms with E-state index >= 15 is 4.79 Å². The number of nitrogens with one attached hydrogen (secondary N) is 3. The number of fused-ring (bicyclic) bond motifs is 5. The van der Waals surface area contributed by atoms with Gasteiger partial charge in [-0.05, 0) is 74.1 Å². The molecule has 3 heterocycles. The molecule has 17 heteroatoms. The first-order chi connectivity index (χ1) is 32.4. The number of ether oxygens (including phenoxy) is 4. The molecule has 16 nitrogen and oxygen atoms in total. The molecule has 4 amide bonds. The Morgan fingerprint density at radius 1 is 0.955 bits per heavy atom. The fourth-order valence-corrected chi connectivity index (χ4v) is 10.4. The first kappa shape index (κ1) is 44.7. The molecule has 0 radical (unpaired) electrons. The maximum Gasteiger partial charge on any atom is 0.408 e. The zero-order valence-electron chi connectivity index (χ0n) is 36.6. The number of amides is 4. The highest BCUT2D eigenvalue weighted by Crippen LogP contribution is 2.46. The maximum atomic E-state index is 15.1. The van der Waals surface area contributed by atoms with Gasteiger partial charge in [-0.3, -0.25) is 14.4 Å². The fourth-order valence-electron chi connectivity index (χ4n) is 9.15. The van der Waals surface area contributed by atoms with Gasteiger partial charge in [-0.25, -0.2) is 22.9 Å². The van der Waals surface area contributed by atoms with Crippen LogP contribution in [0.1, 0.15) is 49.7 Å². The van der Waals surface area contributed by atoms with Crippen molar-refractivity contribution in [1.82, 2.24) is 25.2 Å². The van der Waals surface area contributed by atoms with Crippen LogP contribution in [0, 0.1) is 17.2 Å². The van der Waals surface area contributed by atoms with Gasteiger partial charge < -0.3 is 34.5 Å². The minimum absolute atomic E-state index is 0.00963. The van der Waals surface area contributed by atoms with Gasteiger partial charge in [-0.15, -0.1) is 0 Å². The van der Waals surface area contributed by atoms with Crippen LogP contribution in [-0.4, -0.2) is 92.2 Å². The van der Waals surface area contributed by atoms with Crippen molar-refractivity contribution in [1.29, 1.82) is 5.26 Å². The number of nitriles is 1. The highest BCUT2D eigenvalue weighted by molar-refractivity contribution is 7.90. The van der Waals surface area contributed by atoms with Crippen molar-refractivity contribution in [2.24, 2.45) is 5.92 Å². The number of alkyl carbamates (subject to hydrolysis) is 1. The highest BCUT2D eigenvalue weighted by Gasteiger charge is 2.62. The molecule has 1 aromatic heterocycles. The van der Waals surface area contributed by atoms with E-state index in [0.29, 0.717) is 52.3 Å². The van der Waals surface area contributed by atoms with Crippen molar-refractivity contribution < 1.29 is 46.5 Å². The second-order valence-electron chi connectivity index (χ2n) is 17.1. The van der Waals surface area contributed by atoms with Crippen molar-refractivity contribution in [3.63, 3.8) is 0 Å². The Labute approximate surface area is 387 Å². The van der Waals surface area contributed by atoms with Crippen LogP contribution in [0.25, 0.3) is 22.2 Å². The van der Waals surface area contributed by atoms with Crippen LogP contribution in [0.5, 0.6) is 17.2 Å². The van der Waals surface area contributed by atoms with Gasteiger partial charge in [-0.2, -0.15) is 5.26 Å². The number of carbonyl (C=O) groups excluding carboxylic acids is 4. The summed E-state index contributed by atoms with van der Waals surface area (Å²) in [6.07, 6.45) is 4.71. The lowest BCUT2D eigenvalue weighted by molar-refractivity contribution is -0.141. The molecule has 1 saturated heterocycles. The number of nitrogens with zero attached hydrogens (tertiary/aromatic N) is 3. The number of hydrogen-bond acceptors (Lipinski definition) is 12. The first-order valence-corrected chi connectivity index (χ1v) is 23.7. The number of benzene rings is 4.